The van der Waals surface area contributed by atoms with Crippen molar-refractivity contribution >= 4 is 10.9 Å². The van der Waals surface area contributed by atoms with Gasteiger partial charge in [0.1, 0.15) is 5.69 Å². The minimum atomic E-state index is 0.528. The first-order valence-electron chi connectivity index (χ1n) is 7.51. The van der Waals surface area contributed by atoms with E-state index in [9.17, 15) is 0 Å². The Hall–Kier alpha value is -2.95. The summed E-state index contributed by atoms with van der Waals surface area (Å²) in [6.07, 6.45) is 4.16. The molecule has 4 rings (SSSR count). The quantitative estimate of drug-likeness (QED) is 0.625. The van der Waals surface area contributed by atoms with Crippen LogP contribution in [0.1, 0.15) is 22.5 Å². The second-order valence-corrected chi connectivity index (χ2v) is 5.72. The van der Waals surface area contributed by atoms with Crippen LogP contribution < -0.4 is 0 Å². The number of aryl methyl sites for hydroxylation is 2. The lowest BCUT2D eigenvalue weighted by molar-refractivity contribution is 0.422. The van der Waals surface area contributed by atoms with Crippen LogP contribution in [0.2, 0.25) is 0 Å². The second-order valence-electron chi connectivity index (χ2n) is 5.72. The third kappa shape index (κ3) is 2.50. The van der Waals surface area contributed by atoms with Crippen molar-refractivity contribution in [2.75, 3.05) is 0 Å². The summed E-state index contributed by atoms with van der Waals surface area (Å²) in [7, 11) is 0. The summed E-state index contributed by atoms with van der Waals surface area (Å²) >= 11 is 0. The molecule has 1 aromatic carbocycles. The minimum absolute atomic E-state index is 0.528. The zero-order valence-electron chi connectivity index (χ0n) is 13.0. The summed E-state index contributed by atoms with van der Waals surface area (Å²) in [5, 5.41) is 5.28. The van der Waals surface area contributed by atoms with Crippen molar-refractivity contribution in [2.24, 2.45) is 0 Å². The Balaban J connectivity index is 1.70. The van der Waals surface area contributed by atoms with E-state index in [1.165, 1.54) is 10.9 Å². The number of nitrogens with zero attached hydrogens (tertiary/aromatic N) is 3. The Kier molecular flexibility index (Phi) is 3.19. The third-order valence-corrected chi connectivity index (χ3v) is 4.01. The van der Waals surface area contributed by atoms with Gasteiger partial charge in [0.15, 0.2) is 5.82 Å². The highest BCUT2D eigenvalue weighted by Gasteiger charge is 2.16. The van der Waals surface area contributed by atoms with Crippen molar-refractivity contribution in [3.05, 3.63) is 65.2 Å². The van der Waals surface area contributed by atoms with Crippen molar-refractivity contribution in [2.45, 2.75) is 20.3 Å². The van der Waals surface area contributed by atoms with Gasteiger partial charge >= 0.3 is 0 Å². The number of H-pyrrole nitrogens is 1. The van der Waals surface area contributed by atoms with Gasteiger partial charge in [-0.3, -0.25) is 4.98 Å². The highest BCUT2D eigenvalue weighted by atomic mass is 16.5. The number of benzene rings is 1. The van der Waals surface area contributed by atoms with Gasteiger partial charge < -0.3 is 9.51 Å². The number of hydrogen-bond acceptors (Lipinski definition) is 4. The van der Waals surface area contributed by atoms with Crippen LogP contribution in [0, 0.1) is 13.8 Å². The first kappa shape index (κ1) is 13.7. The Bertz CT molecular complexity index is 969. The molecule has 1 N–H and O–H groups in total. The predicted octanol–water partition coefficient (Wildman–Crippen LogP) is 3.82. The zero-order valence-corrected chi connectivity index (χ0v) is 13.0. The van der Waals surface area contributed by atoms with E-state index in [1.54, 1.807) is 12.4 Å². The lowest BCUT2D eigenvalue weighted by Gasteiger charge is -1.94. The van der Waals surface area contributed by atoms with Crippen LogP contribution >= 0.6 is 0 Å². The maximum absolute atomic E-state index is 5.46. The van der Waals surface area contributed by atoms with Crippen LogP contribution in [0.25, 0.3) is 22.5 Å². The molecule has 0 spiro atoms. The minimum Gasteiger partial charge on any atom is -0.350 e. The number of fused-ring (bicyclic) bond motifs is 1. The lowest BCUT2D eigenvalue weighted by atomic mass is 10.1. The van der Waals surface area contributed by atoms with Crippen molar-refractivity contribution in [3.8, 4) is 11.6 Å². The molecule has 0 amide bonds. The van der Waals surface area contributed by atoms with E-state index in [0.29, 0.717) is 18.1 Å². The first-order valence-corrected chi connectivity index (χ1v) is 7.51. The fraction of sp³-hybridized carbons (Fsp3) is 0.167. The molecule has 0 aliphatic rings. The standard InChI is InChI=1S/C18H16N4O/c1-11-3-4-15-14(9-11)12(2)17(20-15)18-21-16(22-23-18)10-13-5-7-19-8-6-13/h3-9,20H,10H2,1-2H3. The number of pyridine rings is 1. The second kappa shape index (κ2) is 5.35. The number of aromatic nitrogens is 4. The van der Waals surface area contributed by atoms with Crippen molar-refractivity contribution in [1.29, 1.82) is 0 Å². The normalized spacial score (nSPS) is 11.2. The average molecular weight is 304 g/mol. The number of rotatable bonds is 3. The van der Waals surface area contributed by atoms with E-state index in [0.717, 1.165) is 22.3 Å². The summed E-state index contributed by atoms with van der Waals surface area (Å²) in [5.41, 5.74) is 5.44. The molecule has 0 saturated carbocycles. The summed E-state index contributed by atoms with van der Waals surface area (Å²) < 4.78 is 5.46. The number of hydrogen-bond donors (Lipinski definition) is 1. The summed E-state index contributed by atoms with van der Waals surface area (Å²) in [6.45, 7) is 4.16. The van der Waals surface area contributed by atoms with Gasteiger partial charge in [0.2, 0.25) is 0 Å². The molecule has 0 atom stereocenters. The highest BCUT2D eigenvalue weighted by Crippen LogP contribution is 2.29. The molecule has 0 saturated heterocycles. The Morgan fingerprint density at radius 3 is 2.74 bits per heavy atom. The smallest absolute Gasteiger partial charge is 0.274 e. The van der Waals surface area contributed by atoms with Gasteiger partial charge in [-0.15, -0.1) is 0 Å². The fourth-order valence-electron chi connectivity index (χ4n) is 2.76. The van der Waals surface area contributed by atoms with Crippen molar-refractivity contribution < 1.29 is 4.52 Å². The fourth-order valence-corrected chi connectivity index (χ4v) is 2.76. The monoisotopic (exact) mass is 304 g/mol. The van der Waals surface area contributed by atoms with Gasteiger partial charge in [0, 0.05) is 29.7 Å². The molecule has 0 radical (unpaired) electrons. The van der Waals surface area contributed by atoms with E-state index in [2.05, 4.69) is 52.2 Å². The molecule has 23 heavy (non-hydrogen) atoms. The van der Waals surface area contributed by atoms with Gasteiger partial charge in [0.05, 0.1) is 0 Å². The van der Waals surface area contributed by atoms with E-state index >= 15 is 0 Å². The largest absolute Gasteiger partial charge is 0.350 e. The van der Waals surface area contributed by atoms with Gasteiger partial charge in [-0.25, -0.2) is 0 Å². The summed E-state index contributed by atoms with van der Waals surface area (Å²) in [5.74, 6) is 1.20. The summed E-state index contributed by atoms with van der Waals surface area (Å²) in [4.78, 5) is 11.9. The molecule has 0 bridgehead atoms. The number of aromatic amines is 1. The predicted molar refractivity (Wildman–Crippen MR) is 88.1 cm³/mol. The van der Waals surface area contributed by atoms with Gasteiger partial charge in [-0.2, -0.15) is 4.98 Å². The van der Waals surface area contributed by atoms with Crippen molar-refractivity contribution in [3.63, 3.8) is 0 Å². The molecule has 0 aliphatic carbocycles. The van der Waals surface area contributed by atoms with Gasteiger partial charge in [-0.05, 0) is 49.2 Å². The molecule has 3 heterocycles. The molecule has 4 aromatic rings. The Morgan fingerprint density at radius 1 is 1.09 bits per heavy atom. The lowest BCUT2D eigenvalue weighted by Crippen LogP contribution is -1.91. The summed E-state index contributed by atoms with van der Waals surface area (Å²) in [6, 6.07) is 10.2. The average Bonchev–Trinajstić information content (AvgIpc) is 3.14. The molecule has 114 valence electrons. The molecular formula is C18H16N4O. The maximum atomic E-state index is 5.46. The van der Waals surface area contributed by atoms with E-state index in [1.807, 2.05) is 12.1 Å². The molecule has 3 aromatic heterocycles. The molecule has 0 fully saturated rings. The van der Waals surface area contributed by atoms with Crippen LogP contribution in [0.4, 0.5) is 0 Å². The van der Waals surface area contributed by atoms with Crippen LogP contribution in [0.3, 0.4) is 0 Å². The Labute approximate surface area is 133 Å². The molecule has 0 unspecified atom stereocenters. The molecule has 5 nitrogen and oxygen atoms in total. The third-order valence-electron chi connectivity index (χ3n) is 4.01. The molecule has 0 aliphatic heterocycles. The van der Waals surface area contributed by atoms with Crippen LogP contribution in [0.5, 0.6) is 0 Å². The molecular weight excluding hydrogens is 288 g/mol. The molecule has 5 heteroatoms. The SMILES string of the molecule is Cc1ccc2[nH]c(-c3nc(Cc4ccncc4)no3)c(C)c2c1. The first-order chi connectivity index (χ1) is 11.2. The van der Waals surface area contributed by atoms with Crippen molar-refractivity contribution in [1.82, 2.24) is 20.1 Å². The van der Waals surface area contributed by atoms with E-state index in [4.69, 9.17) is 4.52 Å². The number of nitrogens with one attached hydrogen (secondary N) is 1. The van der Waals surface area contributed by atoms with Gasteiger partial charge in [-0.1, -0.05) is 16.8 Å². The highest BCUT2D eigenvalue weighted by molar-refractivity contribution is 5.89. The van der Waals surface area contributed by atoms with Gasteiger partial charge in [0.25, 0.3) is 5.89 Å². The zero-order chi connectivity index (χ0) is 15.8. The topological polar surface area (TPSA) is 67.6 Å². The van der Waals surface area contributed by atoms with Crippen LogP contribution in [-0.4, -0.2) is 20.1 Å². The Morgan fingerprint density at radius 2 is 1.91 bits per heavy atom. The van der Waals surface area contributed by atoms with E-state index < -0.39 is 0 Å². The van der Waals surface area contributed by atoms with E-state index in [-0.39, 0.29) is 0 Å². The maximum Gasteiger partial charge on any atom is 0.274 e. The van der Waals surface area contributed by atoms with Crippen LogP contribution in [-0.2, 0) is 6.42 Å². The van der Waals surface area contributed by atoms with Crippen LogP contribution in [0.15, 0.2) is 47.2 Å².